The van der Waals surface area contributed by atoms with Crippen LogP contribution in [-0.2, 0) is 0 Å². The van der Waals surface area contributed by atoms with Gasteiger partial charge < -0.3 is 4.90 Å². The van der Waals surface area contributed by atoms with Crippen molar-refractivity contribution in [1.29, 1.82) is 0 Å². The van der Waals surface area contributed by atoms with E-state index in [2.05, 4.69) is 38.9 Å². The molecule has 66 valence electrons. The molecule has 0 aliphatic carbocycles. The van der Waals surface area contributed by atoms with E-state index in [0.717, 1.165) is 0 Å². The van der Waals surface area contributed by atoms with Crippen LogP contribution < -0.4 is 0 Å². The Bertz CT molecular complexity index is 114. The molecular weight excluding hydrogens is 134 g/mol. The molecule has 0 spiro atoms. The van der Waals surface area contributed by atoms with E-state index in [4.69, 9.17) is 0 Å². The van der Waals surface area contributed by atoms with E-state index in [1.54, 1.807) is 0 Å². The number of nitrogens with zero attached hydrogens (tertiary/aromatic N) is 1. The molecule has 0 aromatic carbocycles. The third-order valence-corrected chi connectivity index (χ3v) is 1.73. The standard InChI is InChI=1S/C10H21N/c1-5-6-7-10(2)8-9-11(3)4/h7H,5-6,8-9H2,1-4H3. The monoisotopic (exact) mass is 155 g/mol. The van der Waals surface area contributed by atoms with Gasteiger partial charge in [-0.05, 0) is 33.9 Å². The summed E-state index contributed by atoms with van der Waals surface area (Å²) in [4.78, 5) is 2.23. The molecule has 0 radical (unpaired) electrons. The van der Waals surface area contributed by atoms with Crippen molar-refractivity contribution in [1.82, 2.24) is 4.90 Å². The van der Waals surface area contributed by atoms with Gasteiger partial charge >= 0.3 is 0 Å². The van der Waals surface area contributed by atoms with Crippen molar-refractivity contribution in [2.24, 2.45) is 0 Å². The maximum atomic E-state index is 2.35. The van der Waals surface area contributed by atoms with E-state index in [9.17, 15) is 0 Å². The number of unbranched alkanes of at least 4 members (excludes halogenated alkanes) is 1. The lowest BCUT2D eigenvalue weighted by molar-refractivity contribution is 0.413. The minimum atomic E-state index is 1.17. The van der Waals surface area contributed by atoms with E-state index in [1.165, 1.54) is 31.4 Å². The van der Waals surface area contributed by atoms with Gasteiger partial charge in [0.05, 0.1) is 0 Å². The van der Waals surface area contributed by atoms with Crippen LogP contribution in [0, 0.1) is 0 Å². The quantitative estimate of drug-likeness (QED) is 0.552. The molecule has 0 heterocycles. The molecule has 11 heavy (non-hydrogen) atoms. The lowest BCUT2D eigenvalue weighted by Crippen LogP contribution is -2.12. The summed E-state index contributed by atoms with van der Waals surface area (Å²) in [5, 5.41) is 0. The zero-order chi connectivity index (χ0) is 8.69. The summed E-state index contributed by atoms with van der Waals surface area (Å²) in [6, 6.07) is 0. The minimum Gasteiger partial charge on any atom is -0.309 e. The van der Waals surface area contributed by atoms with Crippen LogP contribution in [0.15, 0.2) is 11.6 Å². The SMILES string of the molecule is CCCC=C(C)CCN(C)C. The largest absolute Gasteiger partial charge is 0.309 e. The third kappa shape index (κ3) is 7.60. The number of hydrogen-bond donors (Lipinski definition) is 0. The van der Waals surface area contributed by atoms with Gasteiger partial charge in [0.25, 0.3) is 0 Å². The van der Waals surface area contributed by atoms with Gasteiger partial charge in [0.2, 0.25) is 0 Å². The lowest BCUT2D eigenvalue weighted by Gasteiger charge is -2.08. The molecule has 0 saturated heterocycles. The van der Waals surface area contributed by atoms with Gasteiger partial charge in [-0.25, -0.2) is 0 Å². The summed E-state index contributed by atoms with van der Waals surface area (Å²) in [5.41, 5.74) is 1.53. The third-order valence-electron chi connectivity index (χ3n) is 1.73. The molecule has 0 amide bonds. The van der Waals surface area contributed by atoms with Crippen LogP contribution >= 0.6 is 0 Å². The molecule has 1 heteroatoms. The van der Waals surface area contributed by atoms with Crippen molar-refractivity contribution >= 4 is 0 Å². The van der Waals surface area contributed by atoms with E-state index in [1.807, 2.05) is 0 Å². The minimum absolute atomic E-state index is 1.17. The molecule has 0 bridgehead atoms. The number of hydrogen-bond acceptors (Lipinski definition) is 1. The van der Waals surface area contributed by atoms with Crippen LogP contribution in [0.4, 0.5) is 0 Å². The molecule has 0 unspecified atom stereocenters. The van der Waals surface area contributed by atoms with Gasteiger partial charge in [0.1, 0.15) is 0 Å². The van der Waals surface area contributed by atoms with Crippen LogP contribution in [0.5, 0.6) is 0 Å². The normalized spacial score (nSPS) is 12.6. The van der Waals surface area contributed by atoms with Gasteiger partial charge in [-0.3, -0.25) is 0 Å². The topological polar surface area (TPSA) is 3.24 Å². The Morgan fingerprint density at radius 3 is 2.45 bits per heavy atom. The highest BCUT2D eigenvalue weighted by atomic mass is 15.0. The van der Waals surface area contributed by atoms with Crippen molar-refractivity contribution in [2.75, 3.05) is 20.6 Å². The predicted octanol–water partition coefficient (Wildman–Crippen LogP) is 2.68. The Morgan fingerprint density at radius 2 is 2.00 bits per heavy atom. The molecule has 0 aromatic rings. The zero-order valence-corrected chi connectivity index (χ0v) is 8.35. The van der Waals surface area contributed by atoms with Gasteiger partial charge in [-0.2, -0.15) is 0 Å². The Hall–Kier alpha value is -0.300. The second-order valence-electron chi connectivity index (χ2n) is 3.39. The van der Waals surface area contributed by atoms with Crippen LogP contribution in [-0.4, -0.2) is 25.5 Å². The van der Waals surface area contributed by atoms with E-state index >= 15 is 0 Å². The molecule has 0 N–H and O–H groups in total. The van der Waals surface area contributed by atoms with Gasteiger partial charge in [0, 0.05) is 6.54 Å². The highest BCUT2D eigenvalue weighted by molar-refractivity contribution is 4.97. The first-order valence-electron chi connectivity index (χ1n) is 4.47. The summed E-state index contributed by atoms with van der Waals surface area (Å²) in [6.45, 7) is 5.61. The number of allylic oxidation sites excluding steroid dienone is 1. The van der Waals surface area contributed by atoms with Gasteiger partial charge in [0.15, 0.2) is 0 Å². The van der Waals surface area contributed by atoms with Crippen molar-refractivity contribution in [3.63, 3.8) is 0 Å². The molecule has 0 fully saturated rings. The average molecular weight is 155 g/mol. The van der Waals surface area contributed by atoms with Crippen LogP contribution in [0.3, 0.4) is 0 Å². The first kappa shape index (κ1) is 10.7. The molecule has 0 rings (SSSR count). The van der Waals surface area contributed by atoms with Crippen LogP contribution in [0.25, 0.3) is 0 Å². The first-order valence-corrected chi connectivity index (χ1v) is 4.47. The fraction of sp³-hybridized carbons (Fsp3) is 0.800. The fourth-order valence-corrected chi connectivity index (χ4v) is 0.893. The Morgan fingerprint density at radius 1 is 1.36 bits per heavy atom. The molecule has 0 aliphatic heterocycles. The molecule has 0 atom stereocenters. The molecular formula is C10H21N. The first-order chi connectivity index (χ1) is 5.16. The Labute approximate surface area is 71.1 Å². The summed E-state index contributed by atoms with van der Waals surface area (Å²) in [5.74, 6) is 0. The average Bonchev–Trinajstić information content (AvgIpc) is 1.97. The zero-order valence-electron chi connectivity index (χ0n) is 8.35. The predicted molar refractivity (Wildman–Crippen MR) is 51.8 cm³/mol. The van der Waals surface area contributed by atoms with Crippen molar-refractivity contribution in [2.45, 2.75) is 33.1 Å². The Balaban J connectivity index is 3.42. The maximum absolute atomic E-state index is 2.35. The van der Waals surface area contributed by atoms with Crippen LogP contribution in [0.2, 0.25) is 0 Å². The summed E-state index contributed by atoms with van der Waals surface area (Å²) < 4.78 is 0. The van der Waals surface area contributed by atoms with Gasteiger partial charge in [-0.1, -0.05) is 25.0 Å². The fourth-order valence-electron chi connectivity index (χ4n) is 0.893. The molecule has 0 aromatic heterocycles. The smallest absolute Gasteiger partial charge is 0.00124 e. The molecule has 0 saturated carbocycles. The van der Waals surface area contributed by atoms with Crippen molar-refractivity contribution in [3.8, 4) is 0 Å². The van der Waals surface area contributed by atoms with E-state index in [-0.39, 0.29) is 0 Å². The lowest BCUT2D eigenvalue weighted by atomic mass is 10.1. The van der Waals surface area contributed by atoms with Crippen LogP contribution in [0.1, 0.15) is 33.1 Å². The van der Waals surface area contributed by atoms with E-state index in [0.29, 0.717) is 0 Å². The summed E-state index contributed by atoms with van der Waals surface area (Å²) in [6.07, 6.45) is 6.06. The second-order valence-corrected chi connectivity index (χ2v) is 3.39. The Kier molecular flexibility index (Phi) is 6.24. The summed E-state index contributed by atoms with van der Waals surface area (Å²) in [7, 11) is 4.24. The highest BCUT2D eigenvalue weighted by Gasteiger charge is 1.91. The highest BCUT2D eigenvalue weighted by Crippen LogP contribution is 2.02. The molecule has 1 nitrogen and oxygen atoms in total. The van der Waals surface area contributed by atoms with Gasteiger partial charge in [-0.15, -0.1) is 0 Å². The van der Waals surface area contributed by atoms with Crippen molar-refractivity contribution < 1.29 is 0 Å². The van der Waals surface area contributed by atoms with Crippen molar-refractivity contribution in [3.05, 3.63) is 11.6 Å². The number of rotatable bonds is 5. The molecule has 0 aliphatic rings. The van der Waals surface area contributed by atoms with E-state index < -0.39 is 0 Å². The maximum Gasteiger partial charge on any atom is 0.00124 e. The second kappa shape index (κ2) is 6.41. The summed E-state index contributed by atoms with van der Waals surface area (Å²) >= 11 is 0.